The largest absolute Gasteiger partial charge is 0.375 e. The van der Waals surface area contributed by atoms with Crippen LogP contribution in [-0.4, -0.2) is 15.8 Å². The Labute approximate surface area is 114 Å². The molecule has 1 aromatic carbocycles. The third-order valence-electron chi connectivity index (χ3n) is 2.68. The van der Waals surface area contributed by atoms with Crippen LogP contribution in [0.3, 0.4) is 0 Å². The number of benzene rings is 1. The summed E-state index contributed by atoms with van der Waals surface area (Å²) in [4.78, 5) is 25.4. The first-order valence-corrected chi connectivity index (χ1v) is 5.79. The Bertz CT molecular complexity index is 643. The molecule has 0 fully saturated rings. The van der Waals surface area contributed by atoms with Crippen LogP contribution in [0.1, 0.15) is 15.9 Å². The van der Waals surface area contributed by atoms with Crippen LogP contribution >= 0.6 is 0 Å². The molecule has 0 saturated carbocycles. The Balaban J connectivity index is 2.23. The van der Waals surface area contributed by atoms with Crippen molar-refractivity contribution in [2.75, 3.05) is 5.32 Å². The van der Waals surface area contributed by atoms with Crippen LogP contribution in [0.25, 0.3) is 0 Å². The lowest BCUT2D eigenvalue weighted by atomic mass is 10.1. The van der Waals surface area contributed by atoms with E-state index in [9.17, 15) is 14.9 Å². The lowest BCUT2D eigenvalue weighted by Crippen LogP contribution is -2.12. The van der Waals surface area contributed by atoms with Gasteiger partial charge in [0.15, 0.2) is 0 Å². The molecule has 1 aromatic heterocycles. The van der Waals surface area contributed by atoms with Crippen LogP contribution in [0, 0.1) is 10.1 Å². The highest BCUT2D eigenvalue weighted by atomic mass is 16.6. The van der Waals surface area contributed by atoms with Gasteiger partial charge in [0.25, 0.3) is 5.69 Å². The minimum Gasteiger partial charge on any atom is -0.375 e. The monoisotopic (exact) mass is 272 g/mol. The number of anilines is 1. The molecule has 20 heavy (non-hydrogen) atoms. The van der Waals surface area contributed by atoms with E-state index >= 15 is 0 Å². The zero-order valence-corrected chi connectivity index (χ0v) is 10.4. The highest BCUT2D eigenvalue weighted by Crippen LogP contribution is 2.25. The van der Waals surface area contributed by atoms with Gasteiger partial charge >= 0.3 is 0 Å². The highest BCUT2D eigenvalue weighted by Gasteiger charge is 2.16. The summed E-state index contributed by atoms with van der Waals surface area (Å²) in [6.45, 7) is 0.393. The molecule has 0 aliphatic heterocycles. The standard InChI is InChI=1S/C13H12N4O3/c14-13(18)10-3-4-11(12(6-10)17(19)20)16-8-9-2-1-5-15-7-9/h1-7,16H,8H2,(H2,14,18). The number of pyridine rings is 1. The lowest BCUT2D eigenvalue weighted by molar-refractivity contribution is -0.384. The van der Waals surface area contributed by atoms with Gasteiger partial charge in [-0.1, -0.05) is 6.07 Å². The average Bonchev–Trinajstić information content (AvgIpc) is 2.45. The van der Waals surface area contributed by atoms with Crippen LogP contribution in [0.5, 0.6) is 0 Å². The summed E-state index contributed by atoms with van der Waals surface area (Å²) in [5.74, 6) is -0.702. The summed E-state index contributed by atoms with van der Waals surface area (Å²) in [6, 6.07) is 7.70. The normalized spacial score (nSPS) is 10.0. The SMILES string of the molecule is NC(=O)c1ccc(NCc2cccnc2)c([N+](=O)[O-])c1. The van der Waals surface area contributed by atoms with Gasteiger partial charge in [-0.2, -0.15) is 0 Å². The first-order valence-electron chi connectivity index (χ1n) is 5.79. The maximum atomic E-state index is 11.0. The summed E-state index contributed by atoms with van der Waals surface area (Å²) < 4.78 is 0. The van der Waals surface area contributed by atoms with Gasteiger partial charge in [0.2, 0.25) is 5.91 Å². The molecule has 2 rings (SSSR count). The Kier molecular flexibility index (Phi) is 3.90. The van der Waals surface area contributed by atoms with Crippen molar-refractivity contribution in [3.05, 3.63) is 64.0 Å². The highest BCUT2D eigenvalue weighted by molar-refractivity contribution is 5.94. The zero-order chi connectivity index (χ0) is 14.5. The molecule has 0 aliphatic carbocycles. The van der Waals surface area contributed by atoms with E-state index in [2.05, 4.69) is 10.3 Å². The van der Waals surface area contributed by atoms with E-state index in [0.717, 1.165) is 11.6 Å². The third kappa shape index (κ3) is 3.08. The van der Waals surface area contributed by atoms with E-state index < -0.39 is 10.8 Å². The first kappa shape index (κ1) is 13.5. The lowest BCUT2D eigenvalue weighted by Gasteiger charge is -2.07. The number of amides is 1. The van der Waals surface area contributed by atoms with Gasteiger partial charge in [-0.3, -0.25) is 19.9 Å². The number of nitrogens with two attached hydrogens (primary N) is 1. The maximum Gasteiger partial charge on any atom is 0.293 e. The number of primary amides is 1. The van der Waals surface area contributed by atoms with Crippen molar-refractivity contribution in [1.29, 1.82) is 0 Å². The van der Waals surface area contributed by atoms with Crippen molar-refractivity contribution in [2.24, 2.45) is 5.73 Å². The minimum atomic E-state index is -0.702. The van der Waals surface area contributed by atoms with Crippen molar-refractivity contribution < 1.29 is 9.72 Å². The van der Waals surface area contributed by atoms with Crippen molar-refractivity contribution in [3.8, 4) is 0 Å². The van der Waals surface area contributed by atoms with Crippen molar-refractivity contribution in [3.63, 3.8) is 0 Å². The molecule has 0 bridgehead atoms. The number of carbonyl (C=O) groups excluding carboxylic acids is 1. The predicted octanol–water partition coefficient (Wildman–Crippen LogP) is 1.70. The van der Waals surface area contributed by atoms with E-state index in [1.165, 1.54) is 12.1 Å². The number of rotatable bonds is 5. The molecule has 0 unspecified atom stereocenters. The van der Waals surface area contributed by atoms with E-state index in [4.69, 9.17) is 5.73 Å². The van der Waals surface area contributed by atoms with Gasteiger partial charge in [-0.25, -0.2) is 0 Å². The van der Waals surface area contributed by atoms with E-state index in [1.54, 1.807) is 18.5 Å². The molecule has 7 nitrogen and oxygen atoms in total. The number of hydrogen-bond donors (Lipinski definition) is 2. The molecule has 0 saturated heterocycles. The van der Waals surface area contributed by atoms with Gasteiger partial charge in [0.05, 0.1) is 4.92 Å². The molecule has 0 spiro atoms. The predicted molar refractivity (Wildman–Crippen MR) is 73.2 cm³/mol. The molecule has 2 aromatic rings. The number of nitro benzene ring substituents is 1. The van der Waals surface area contributed by atoms with Gasteiger partial charge in [0.1, 0.15) is 5.69 Å². The Morgan fingerprint density at radius 3 is 2.80 bits per heavy atom. The first-order chi connectivity index (χ1) is 9.58. The quantitative estimate of drug-likeness (QED) is 0.635. The molecule has 3 N–H and O–H groups in total. The van der Waals surface area contributed by atoms with Crippen LogP contribution < -0.4 is 11.1 Å². The molecular weight excluding hydrogens is 260 g/mol. The minimum absolute atomic E-state index is 0.101. The molecule has 0 atom stereocenters. The second kappa shape index (κ2) is 5.79. The topological polar surface area (TPSA) is 111 Å². The molecule has 0 aliphatic rings. The molecular formula is C13H12N4O3. The molecule has 0 radical (unpaired) electrons. The number of nitrogens with one attached hydrogen (secondary N) is 1. The summed E-state index contributed by atoms with van der Waals surface area (Å²) in [7, 11) is 0. The van der Waals surface area contributed by atoms with Crippen molar-refractivity contribution in [1.82, 2.24) is 4.98 Å². The fourth-order valence-corrected chi connectivity index (χ4v) is 1.69. The maximum absolute atomic E-state index is 11.0. The number of carbonyl (C=O) groups is 1. The summed E-state index contributed by atoms with van der Waals surface area (Å²) in [6.07, 6.45) is 3.31. The molecule has 1 heterocycles. The number of nitrogens with zero attached hydrogens (tertiary/aromatic N) is 2. The van der Waals surface area contributed by atoms with E-state index in [-0.39, 0.29) is 11.3 Å². The number of aromatic nitrogens is 1. The van der Waals surface area contributed by atoms with Crippen LogP contribution in [0.4, 0.5) is 11.4 Å². The smallest absolute Gasteiger partial charge is 0.293 e. The van der Waals surface area contributed by atoms with Gasteiger partial charge in [0, 0.05) is 30.6 Å². The van der Waals surface area contributed by atoms with E-state index in [1.807, 2.05) is 6.07 Å². The Morgan fingerprint density at radius 2 is 2.20 bits per heavy atom. The van der Waals surface area contributed by atoms with Gasteiger partial charge in [-0.05, 0) is 23.8 Å². The molecule has 7 heteroatoms. The fraction of sp³-hybridized carbons (Fsp3) is 0.0769. The number of nitro groups is 1. The summed E-state index contributed by atoms with van der Waals surface area (Å²) in [5.41, 5.74) is 6.23. The van der Waals surface area contributed by atoms with E-state index in [0.29, 0.717) is 12.2 Å². The van der Waals surface area contributed by atoms with Crippen LogP contribution in [0.15, 0.2) is 42.7 Å². The van der Waals surface area contributed by atoms with Crippen molar-refractivity contribution >= 4 is 17.3 Å². The van der Waals surface area contributed by atoms with Gasteiger partial charge < -0.3 is 11.1 Å². The fourth-order valence-electron chi connectivity index (χ4n) is 1.69. The second-order valence-electron chi connectivity index (χ2n) is 4.07. The molecule has 102 valence electrons. The third-order valence-corrected chi connectivity index (χ3v) is 2.68. The summed E-state index contributed by atoms with van der Waals surface area (Å²) >= 11 is 0. The van der Waals surface area contributed by atoms with Crippen LogP contribution in [0.2, 0.25) is 0 Å². The Morgan fingerprint density at radius 1 is 1.40 bits per heavy atom. The second-order valence-corrected chi connectivity index (χ2v) is 4.07. The number of hydrogen-bond acceptors (Lipinski definition) is 5. The van der Waals surface area contributed by atoms with Crippen LogP contribution in [-0.2, 0) is 6.54 Å². The Hall–Kier alpha value is -2.96. The average molecular weight is 272 g/mol. The summed E-state index contributed by atoms with van der Waals surface area (Å²) in [5, 5.41) is 14.0. The molecule has 1 amide bonds. The van der Waals surface area contributed by atoms with Crippen molar-refractivity contribution in [2.45, 2.75) is 6.54 Å². The zero-order valence-electron chi connectivity index (χ0n) is 10.4. The van der Waals surface area contributed by atoms with Gasteiger partial charge in [-0.15, -0.1) is 0 Å².